The van der Waals surface area contributed by atoms with E-state index in [4.69, 9.17) is 0 Å². The first-order valence-corrected chi connectivity index (χ1v) is 6.73. The Hall–Kier alpha value is -3.37. The molecule has 0 saturated carbocycles. The molecular formula is C12H9N7O4. The molecule has 23 heavy (non-hydrogen) atoms. The average Bonchev–Trinajstić information content (AvgIpc) is 3.16. The smallest absolute Gasteiger partial charge is 0.314 e. The maximum atomic E-state index is 11.6. The lowest BCUT2D eigenvalue weighted by Crippen LogP contribution is -2.29. The van der Waals surface area contributed by atoms with Crippen molar-refractivity contribution in [2.24, 2.45) is 0 Å². The summed E-state index contributed by atoms with van der Waals surface area (Å²) in [6, 6.07) is 1.27. The summed E-state index contributed by atoms with van der Waals surface area (Å²) in [4.78, 5) is 38.8. The second-order valence-electron chi connectivity index (χ2n) is 5.33. The van der Waals surface area contributed by atoms with Crippen LogP contribution in [0.25, 0.3) is 11.0 Å². The molecule has 1 unspecified atom stereocenters. The van der Waals surface area contributed by atoms with Crippen LogP contribution in [0.5, 0.6) is 0 Å². The topological polar surface area (TPSA) is 163 Å². The molecule has 11 heteroatoms. The summed E-state index contributed by atoms with van der Waals surface area (Å²) in [7, 11) is 0. The fourth-order valence-corrected chi connectivity index (χ4v) is 3.07. The lowest BCUT2D eigenvalue weighted by Gasteiger charge is -2.05. The highest BCUT2D eigenvalue weighted by molar-refractivity contribution is 5.83. The Bertz CT molecular complexity index is 1050. The molecule has 0 amide bonds. The van der Waals surface area contributed by atoms with Crippen molar-refractivity contribution in [2.75, 3.05) is 0 Å². The maximum absolute atomic E-state index is 11.6. The Balaban J connectivity index is 1.99. The number of nitro benzene ring substituents is 1. The first-order valence-electron chi connectivity index (χ1n) is 6.73. The van der Waals surface area contributed by atoms with E-state index in [1.807, 2.05) is 0 Å². The Labute approximate surface area is 125 Å². The summed E-state index contributed by atoms with van der Waals surface area (Å²) in [6.45, 7) is 0. The molecular weight excluding hydrogens is 306 g/mol. The molecule has 3 aromatic rings. The van der Waals surface area contributed by atoms with Crippen LogP contribution in [-0.2, 0) is 12.8 Å². The number of aromatic nitrogens is 6. The van der Waals surface area contributed by atoms with Gasteiger partial charge in [-0.25, -0.2) is 5.10 Å². The van der Waals surface area contributed by atoms with Gasteiger partial charge in [-0.2, -0.15) is 0 Å². The van der Waals surface area contributed by atoms with Crippen LogP contribution in [-0.4, -0.2) is 35.5 Å². The number of nitrogens with zero attached hydrogens (tertiary/aromatic N) is 4. The van der Waals surface area contributed by atoms with Gasteiger partial charge in [0, 0.05) is 17.5 Å². The quantitative estimate of drug-likeness (QED) is 0.326. The van der Waals surface area contributed by atoms with Gasteiger partial charge in [-0.05, 0) is 28.8 Å². The van der Waals surface area contributed by atoms with Crippen LogP contribution >= 0.6 is 0 Å². The molecule has 116 valence electrons. The van der Waals surface area contributed by atoms with E-state index in [1.54, 1.807) is 0 Å². The Morgan fingerprint density at radius 3 is 2.61 bits per heavy atom. The lowest BCUT2D eigenvalue weighted by molar-refractivity contribution is -0.385. The fraction of sp³-hybridized carbons (Fsp3) is 0.250. The van der Waals surface area contributed by atoms with Crippen molar-refractivity contribution < 1.29 is 4.92 Å². The normalized spacial score (nSPS) is 16.6. The minimum Gasteiger partial charge on any atom is -0.316 e. The average molecular weight is 315 g/mol. The first-order chi connectivity index (χ1) is 11.0. The van der Waals surface area contributed by atoms with Gasteiger partial charge in [0.15, 0.2) is 5.82 Å². The van der Waals surface area contributed by atoms with E-state index in [0.717, 1.165) is 0 Å². The fourth-order valence-electron chi connectivity index (χ4n) is 3.07. The zero-order valence-electron chi connectivity index (χ0n) is 11.5. The van der Waals surface area contributed by atoms with E-state index in [-0.39, 0.29) is 17.1 Å². The van der Waals surface area contributed by atoms with Crippen LogP contribution in [0.2, 0.25) is 0 Å². The third-order valence-corrected chi connectivity index (χ3v) is 4.06. The summed E-state index contributed by atoms with van der Waals surface area (Å²) >= 11 is 0. The highest BCUT2D eigenvalue weighted by atomic mass is 16.6. The molecule has 0 saturated heterocycles. The number of hydrogen-bond donors (Lipinski definition) is 3. The number of nitro groups is 1. The van der Waals surface area contributed by atoms with Gasteiger partial charge < -0.3 is 9.97 Å². The van der Waals surface area contributed by atoms with Crippen molar-refractivity contribution in [3.8, 4) is 0 Å². The Morgan fingerprint density at radius 2 is 1.91 bits per heavy atom. The zero-order chi connectivity index (χ0) is 16.1. The van der Waals surface area contributed by atoms with Gasteiger partial charge in [0.25, 0.3) is 5.69 Å². The molecule has 0 bridgehead atoms. The summed E-state index contributed by atoms with van der Waals surface area (Å²) in [6.07, 6.45) is 0.798. The van der Waals surface area contributed by atoms with Crippen LogP contribution in [0.1, 0.15) is 22.9 Å². The van der Waals surface area contributed by atoms with Crippen molar-refractivity contribution in [3.05, 3.63) is 53.8 Å². The van der Waals surface area contributed by atoms with E-state index >= 15 is 0 Å². The van der Waals surface area contributed by atoms with Gasteiger partial charge in [-0.3, -0.25) is 19.7 Å². The van der Waals surface area contributed by atoms with E-state index in [2.05, 4.69) is 30.6 Å². The molecule has 2 aromatic heterocycles. The summed E-state index contributed by atoms with van der Waals surface area (Å²) in [5, 5.41) is 24.9. The Kier molecular flexibility index (Phi) is 2.64. The molecule has 1 aliphatic rings. The van der Waals surface area contributed by atoms with E-state index in [9.17, 15) is 19.7 Å². The zero-order valence-corrected chi connectivity index (χ0v) is 11.5. The molecule has 0 radical (unpaired) electrons. The molecule has 2 heterocycles. The standard InChI is InChI=1S/C12H9N7O4/c20-11-12(21)14-9-6-2-4(10-15-17-18-16-10)1-5(6)8(19(22)23)3-7(9)13-11/h3-4H,1-2H2,(H,13,20)(H,14,21)(H,15,16,17,18). The summed E-state index contributed by atoms with van der Waals surface area (Å²) in [5.41, 5.74) is 0.0568. The van der Waals surface area contributed by atoms with Crippen LogP contribution in [0, 0.1) is 10.1 Å². The number of nitrogens with one attached hydrogen (secondary N) is 3. The number of aromatic amines is 3. The molecule has 1 atom stereocenters. The van der Waals surface area contributed by atoms with Gasteiger partial charge in [0.05, 0.1) is 16.0 Å². The molecule has 1 aromatic carbocycles. The van der Waals surface area contributed by atoms with Crippen molar-refractivity contribution >= 4 is 16.7 Å². The van der Waals surface area contributed by atoms with Gasteiger partial charge in [0.2, 0.25) is 0 Å². The van der Waals surface area contributed by atoms with Crippen LogP contribution in [0.3, 0.4) is 0 Å². The van der Waals surface area contributed by atoms with Gasteiger partial charge in [-0.1, -0.05) is 0 Å². The summed E-state index contributed by atoms with van der Waals surface area (Å²) < 4.78 is 0. The largest absolute Gasteiger partial charge is 0.316 e. The number of tetrazole rings is 1. The number of rotatable bonds is 2. The molecule has 0 aliphatic heterocycles. The highest BCUT2D eigenvalue weighted by Crippen LogP contribution is 2.40. The van der Waals surface area contributed by atoms with E-state index in [1.165, 1.54) is 6.07 Å². The molecule has 0 fully saturated rings. The molecule has 3 N–H and O–H groups in total. The third kappa shape index (κ3) is 1.93. The molecule has 4 rings (SSSR count). The number of H-pyrrole nitrogens is 3. The van der Waals surface area contributed by atoms with Gasteiger partial charge in [0.1, 0.15) is 0 Å². The lowest BCUT2D eigenvalue weighted by atomic mass is 10.1. The third-order valence-electron chi connectivity index (χ3n) is 4.06. The van der Waals surface area contributed by atoms with Crippen molar-refractivity contribution in [1.29, 1.82) is 0 Å². The van der Waals surface area contributed by atoms with Crippen LogP contribution < -0.4 is 11.1 Å². The predicted octanol–water partition coefficient (Wildman–Crippen LogP) is -0.480. The minimum absolute atomic E-state index is 0.0924. The SMILES string of the molecule is O=c1[nH]c2cc([N+](=O)[O-])c3c(c2[nH]c1=O)CC(c1nnn[nH]1)C3. The number of hydrogen-bond acceptors (Lipinski definition) is 7. The van der Waals surface area contributed by atoms with Crippen LogP contribution in [0.15, 0.2) is 15.7 Å². The number of benzene rings is 1. The van der Waals surface area contributed by atoms with Crippen molar-refractivity contribution in [3.63, 3.8) is 0 Å². The van der Waals surface area contributed by atoms with Gasteiger partial charge in [-0.15, -0.1) is 5.10 Å². The minimum atomic E-state index is -0.847. The summed E-state index contributed by atoms with van der Waals surface area (Å²) in [5.74, 6) is 0.371. The highest BCUT2D eigenvalue weighted by Gasteiger charge is 2.33. The van der Waals surface area contributed by atoms with E-state index in [0.29, 0.717) is 35.3 Å². The molecule has 1 aliphatic carbocycles. The van der Waals surface area contributed by atoms with Crippen molar-refractivity contribution in [2.45, 2.75) is 18.8 Å². The molecule has 0 spiro atoms. The maximum Gasteiger partial charge on any atom is 0.314 e. The van der Waals surface area contributed by atoms with Crippen LogP contribution in [0.4, 0.5) is 5.69 Å². The monoisotopic (exact) mass is 315 g/mol. The first kappa shape index (κ1) is 13.3. The molecule has 11 nitrogen and oxygen atoms in total. The van der Waals surface area contributed by atoms with Gasteiger partial charge >= 0.3 is 11.1 Å². The van der Waals surface area contributed by atoms with Crippen molar-refractivity contribution in [1.82, 2.24) is 30.6 Å². The number of fused-ring (bicyclic) bond motifs is 3. The van der Waals surface area contributed by atoms with E-state index < -0.39 is 16.0 Å². The second-order valence-corrected chi connectivity index (χ2v) is 5.33. The Morgan fingerprint density at radius 1 is 1.17 bits per heavy atom. The second kappa shape index (κ2) is 4.56. The predicted molar refractivity (Wildman–Crippen MR) is 76.2 cm³/mol.